The maximum absolute atomic E-state index is 14.1. The number of ether oxygens (including phenoxy) is 1. The summed E-state index contributed by atoms with van der Waals surface area (Å²) in [6.45, 7) is 4.98. The smallest absolute Gasteiger partial charge is 0.256 e. The van der Waals surface area contributed by atoms with Crippen molar-refractivity contribution in [1.29, 1.82) is 0 Å². The van der Waals surface area contributed by atoms with Gasteiger partial charge in [-0.15, -0.1) is 0 Å². The van der Waals surface area contributed by atoms with E-state index in [1.807, 2.05) is 6.92 Å². The van der Waals surface area contributed by atoms with Crippen molar-refractivity contribution in [3.05, 3.63) is 53.6 Å². The Labute approximate surface area is 179 Å². The Balaban J connectivity index is 1.54. The summed E-state index contributed by atoms with van der Waals surface area (Å²) in [6, 6.07) is 6.06. The Morgan fingerprint density at radius 1 is 1.26 bits per heavy atom. The monoisotopic (exact) mass is 424 g/mol. The standard InChI is InChI=1S/C22H25FN6O2/c1-14-17-10-15(23)4-5-19(17)31-16(13-28-7-2-3-8-28)11-24-22(30)18-12-25-29-9-6-20(26-14)27-21(18)29/h4-6,9-10,12,14,16H,2-3,7-8,11,13H2,1H3,(H,24,30)(H,26,27)/t14-,16+/m1/s1. The fourth-order valence-corrected chi connectivity index (χ4v) is 4.25. The van der Waals surface area contributed by atoms with Crippen molar-refractivity contribution in [2.24, 2.45) is 0 Å². The van der Waals surface area contributed by atoms with Gasteiger partial charge in [0.25, 0.3) is 5.91 Å². The molecule has 4 heterocycles. The minimum atomic E-state index is -0.328. The molecule has 0 aliphatic carbocycles. The Morgan fingerprint density at radius 2 is 2.10 bits per heavy atom. The van der Waals surface area contributed by atoms with Crippen LogP contribution in [0.25, 0.3) is 5.65 Å². The number of benzene rings is 1. The molecule has 1 amide bonds. The van der Waals surface area contributed by atoms with E-state index in [-0.39, 0.29) is 23.9 Å². The van der Waals surface area contributed by atoms with E-state index >= 15 is 0 Å². The molecule has 0 unspecified atom stereocenters. The number of carbonyl (C=O) groups excluding carboxylic acids is 1. The zero-order chi connectivity index (χ0) is 21.4. The lowest BCUT2D eigenvalue weighted by Crippen LogP contribution is -2.42. The molecular formula is C22H25FN6O2. The average Bonchev–Trinajstić information content (AvgIpc) is 3.42. The van der Waals surface area contributed by atoms with Crippen LogP contribution in [0, 0.1) is 5.82 Å². The lowest BCUT2D eigenvalue weighted by molar-refractivity contribution is 0.0908. The summed E-state index contributed by atoms with van der Waals surface area (Å²) in [6.07, 6.45) is 5.31. The zero-order valence-corrected chi connectivity index (χ0v) is 17.3. The second-order valence-corrected chi connectivity index (χ2v) is 8.14. The van der Waals surface area contributed by atoms with Crippen molar-refractivity contribution >= 4 is 17.4 Å². The topological polar surface area (TPSA) is 83.8 Å². The van der Waals surface area contributed by atoms with Gasteiger partial charge in [0, 0.05) is 18.3 Å². The fourth-order valence-electron chi connectivity index (χ4n) is 4.25. The number of carbonyl (C=O) groups is 1. The first-order valence-corrected chi connectivity index (χ1v) is 10.6. The zero-order valence-electron chi connectivity index (χ0n) is 17.3. The highest BCUT2D eigenvalue weighted by Gasteiger charge is 2.24. The SMILES string of the molecule is C[C@H]1Nc2ccn3ncc(c3n2)C(=O)NC[C@@H](CN2CCCC2)Oc2ccc(F)cc21. The van der Waals surface area contributed by atoms with Crippen molar-refractivity contribution < 1.29 is 13.9 Å². The first kappa shape index (κ1) is 19.7. The van der Waals surface area contributed by atoms with E-state index in [4.69, 9.17) is 4.74 Å². The van der Waals surface area contributed by atoms with Gasteiger partial charge in [0.15, 0.2) is 5.65 Å². The average molecular weight is 424 g/mol. The normalized spacial score (nSPS) is 22.1. The van der Waals surface area contributed by atoms with Gasteiger partial charge in [0.1, 0.15) is 29.1 Å². The van der Waals surface area contributed by atoms with E-state index in [1.54, 1.807) is 22.8 Å². The van der Waals surface area contributed by atoms with E-state index in [0.29, 0.717) is 41.4 Å². The summed E-state index contributed by atoms with van der Waals surface area (Å²) < 4.78 is 22.0. The predicted molar refractivity (Wildman–Crippen MR) is 114 cm³/mol. The molecule has 162 valence electrons. The second kappa shape index (κ2) is 8.14. The number of aromatic nitrogens is 3. The number of hydrogen-bond donors (Lipinski definition) is 2. The number of amides is 1. The van der Waals surface area contributed by atoms with Crippen molar-refractivity contribution in [3.63, 3.8) is 0 Å². The third kappa shape index (κ3) is 4.05. The minimum absolute atomic E-state index is 0.249. The molecule has 2 N–H and O–H groups in total. The molecule has 0 saturated carbocycles. The van der Waals surface area contributed by atoms with Gasteiger partial charge in [-0.3, -0.25) is 9.69 Å². The molecule has 1 saturated heterocycles. The van der Waals surface area contributed by atoms with Crippen LogP contribution in [0.1, 0.15) is 41.7 Å². The van der Waals surface area contributed by atoms with Crippen LogP contribution in [0.3, 0.4) is 0 Å². The van der Waals surface area contributed by atoms with Gasteiger partial charge in [0.05, 0.1) is 18.8 Å². The van der Waals surface area contributed by atoms with Gasteiger partial charge in [-0.05, 0) is 57.1 Å². The fraction of sp³-hybridized carbons (Fsp3) is 0.409. The summed E-state index contributed by atoms with van der Waals surface area (Å²) >= 11 is 0. The lowest BCUT2D eigenvalue weighted by Gasteiger charge is -2.27. The number of hydrogen-bond acceptors (Lipinski definition) is 6. The van der Waals surface area contributed by atoms with Crippen LogP contribution in [0.2, 0.25) is 0 Å². The van der Waals surface area contributed by atoms with E-state index in [0.717, 1.165) is 25.9 Å². The number of fused-ring (bicyclic) bond motifs is 2. The molecule has 0 spiro atoms. The molecule has 2 aliphatic rings. The summed E-state index contributed by atoms with van der Waals surface area (Å²) in [4.78, 5) is 19.8. The van der Waals surface area contributed by atoms with Crippen molar-refractivity contribution in [3.8, 4) is 5.75 Å². The van der Waals surface area contributed by atoms with Gasteiger partial charge in [-0.2, -0.15) is 5.10 Å². The Bertz CT molecular complexity index is 1110. The molecule has 31 heavy (non-hydrogen) atoms. The number of nitrogens with one attached hydrogen (secondary N) is 2. The van der Waals surface area contributed by atoms with E-state index < -0.39 is 0 Å². The molecule has 2 bridgehead atoms. The van der Waals surface area contributed by atoms with E-state index in [2.05, 4.69) is 25.6 Å². The van der Waals surface area contributed by atoms with Crippen LogP contribution in [-0.2, 0) is 0 Å². The van der Waals surface area contributed by atoms with Gasteiger partial charge in [-0.1, -0.05) is 0 Å². The lowest BCUT2D eigenvalue weighted by atomic mass is 10.1. The Hall–Kier alpha value is -3.20. The maximum atomic E-state index is 14.1. The number of nitrogens with zero attached hydrogens (tertiary/aromatic N) is 4. The van der Waals surface area contributed by atoms with Gasteiger partial charge < -0.3 is 15.4 Å². The maximum Gasteiger partial charge on any atom is 0.256 e. The number of anilines is 1. The summed E-state index contributed by atoms with van der Waals surface area (Å²) in [5.41, 5.74) is 1.57. The molecule has 9 heteroatoms. The Kier molecular flexibility index (Phi) is 5.19. The van der Waals surface area contributed by atoms with Crippen LogP contribution < -0.4 is 15.4 Å². The van der Waals surface area contributed by atoms with Crippen LogP contribution in [0.5, 0.6) is 5.75 Å². The molecule has 5 rings (SSSR count). The van der Waals surface area contributed by atoms with Gasteiger partial charge in [0.2, 0.25) is 0 Å². The quantitative estimate of drug-likeness (QED) is 0.658. The largest absolute Gasteiger partial charge is 0.487 e. The predicted octanol–water partition coefficient (Wildman–Crippen LogP) is 2.63. The van der Waals surface area contributed by atoms with Crippen LogP contribution in [0.4, 0.5) is 10.2 Å². The van der Waals surface area contributed by atoms with Crippen LogP contribution >= 0.6 is 0 Å². The molecule has 2 aromatic heterocycles. The van der Waals surface area contributed by atoms with E-state index in [1.165, 1.54) is 18.3 Å². The van der Waals surface area contributed by atoms with Crippen molar-refractivity contribution in [2.75, 3.05) is 31.5 Å². The highest BCUT2D eigenvalue weighted by molar-refractivity contribution is 5.99. The first-order chi connectivity index (χ1) is 15.1. The molecule has 8 nitrogen and oxygen atoms in total. The molecule has 2 atom stereocenters. The summed E-state index contributed by atoms with van der Waals surface area (Å²) in [7, 11) is 0. The third-order valence-corrected chi connectivity index (χ3v) is 5.86. The molecule has 3 aromatic rings. The second-order valence-electron chi connectivity index (χ2n) is 8.14. The molecule has 1 fully saturated rings. The van der Waals surface area contributed by atoms with Crippen LogP contribution in [-0.4, -0.2) is 57.7 Å². The van der Waals surface area contributed by atoms with E-state index in [9.17, 15) is 9.18 Å². The number of rotatable bonds is 2. The molecule has 1 aromatic carbocycles. The Morgan fingerprint density at radius 3 is 2.94 bits per heavy atom. The van der Waals surface area contributed by atoms with Crippen molar-refractivity contribution in [2.45, 2.75) is 31.9 Å². The van der Waals surface area contributed by atoms with Crippen molar-refractivity contribution in [1.82, 2.24) is 24.8 Å². The highest BCUT2D eigenvalue weighted by atomic mass is 19.1. The van der Waals surface area contributed by atoms with Gasteiger partial charge >= 0.3 is 0 Å². The highest BCUT2D eigenvalue weighted by Crippen LogP contribution is 2.30. The summed E-state index contributed by atoms with van der Waals surface area (Å²) in [5.74, 6) is 0.591. The molecular weight excluding hydrogens is 399 g/mol. The summed E-state index contributed by atoms with van der Waals surface area (Å²) in [5, 5.41) is 10.5. The van der Waals surface area contributed by atoms with Gasteiger partial charge in [-0.25, -0.2) is 13.9 Å². The molecule has 0 radical (unpaired) electrons. The first-order valence-electron chi connectivity index (χ1n) is 10.6. The van der Waals surface area contributed by atoms with Crippen LogP contribution in [0.15, 0.2) is 36.7 Å². The third-order valence-electron chi connectivity index (χ3n) is 5.86. The molecule has 2 aliphatic heterocycles. The number of halogens is 1. The minimum Gasteiger partial charge on any atom is -0.487 e. The number of likely N-dealkylation sites (tertiary alicyclic amines) is 1.